The van der Waals surface area contributed by atoms with Crippen molar-refractivity contribution in [3.05, 3.63) is 59.7 Å². The molecule has 4 aliphatic rings. The van der Waals surface area contributed by atoms with E-state index in [0.29, 0.717) is 201 Å². The molecule has 5 atom stereocenters. The Morgan fingerprint density at radius 2 is 1.04 bits per heavy atom. The Bertz CT molecular complexity index is 1940. The fraction of sp³-hybridized carbons (Fsp3) is 0.746. The monoisotopic (exact) mass is 1130 g/mol. The van der Waals surface area contributed by atoms with E-state index in [1.54, 1.807) is 0 Å². The molecule has 2 aromatic rings. The molecule has 0 radical (unpaired) electrons. The largest absolute Gasteiger partial charge is 0.377 e. The van der Waals surface area contributed by atoms with E-state index in [9.17, 15) is 14.4 Å². The van der Waals surface area contributed by atoms with Gasteiger partial charge in [-0.1, -0.05) is 61.9 Å². The Balaban J connectivity index is 0.581. The van der Waals surface area contributed by atoms with Crippen molar-refractivity contribution in [3.63, 3.8) is 0 Å². The lowest BCUT2D eigenvalue weighted by Gasteiger charge is -2.27. The molecule has 5 N–H and O–H groups in total. The number of nitrogens with one attached hydrogen (secondary N) is 5. The van der Waals surface area contributed by atoms with Crippen LogP contribution in [0.5, 0.6) is 0 Å². The van der Waals surface area contributed by atoms with Gasteiger partial charge in [-0.2, -0.15) is 11.8 Å². The van der Waals surface area contributed by atoms with Gasteiger partial charge in [-0.15, -0.1) is 0 Å². The maximum atomic E-state index is 12.5. The van der Waals surface area contributed by atoms with E-state index < -0.39 is 0 Å². The van der Waals surface area contributed by atoms with Gasteiger partial charge < -0.3 is 78.7 Å². The van der Waals surface area contributed by atoms with Crippen molar-refractivity contribution in [2.75, 3.05) is 164 Å². The molecule has 2 aliphatic heterocycles. The van der Waals surface area contributed by atoms with Gasteiger partial charge in [-0.3, -0.25) is 9.59 Å². The topological polar surface area (TPSA) is 213 Å². The molecule has 0 aromatic heterocycles. The van der Waals surface area contributed by atoms with Crippen LogP contribution in [0, 0.1) is 5.92 Å². The Hall–Kier alpha value is -3.48. The minimum Gasteiger partial charge on any atom is -0.377 e. The van der Waals surface area contributed by atoms with Crippen molar-refractivity contribution in [2.45, 2.75) is 113 Å². The minimum absolute atomic E-state index is 0.0224. The summed E-state index contributed by atoms with van der Waals surface area (Å²) in [5.41, 5.74) is 4.99. The van der Waals surface area contributed by atoms with Crippen LogP contribution in [0.15, 0.2) is 48.5 Å². The number of urea groups is 1. The molecule has 2 heterocycles. The van der Waals surface area contributed by atoms with Gasteiger partial charge in [0.15, 0.2) is 0 Å². The van der Waals surface area contributed by atoms with E-state index in [4.69, 9.17) is 52.1 Å². The molecule has 2 aliphatic carbocycles. The van der Waals surface area contributed by atoms with Crippen LogP contribution in [-0.2, 0) is 68.1 Å². The zero-order chi connectivity index (χ0) is 55.2. The summed E-state index contributed by atoms with van der Waals surface area (Å²) in [7, 11) is 0. The van der Waals surface area contributed by atoms with Crippen LogP contribution >= 0.6 is 11.8 Å². The maximum Gasteiger partial charge on any atom is 0.315 e. The van der Waals surface area contributed by atoms with Gasteiger partial charge in [0.1, 0.15) is 0 Å². The summed E-state index contributed by atoms with van der Waals surface area (Å²) in [6, 6.07) is 19.3. The van der Waals surface area contributed by atoms with Crippen LogP contribution in [0.2, 0.25) is 0 Å². The number of amides is 4. The summed E-state index contributed by atoms with van der Waals surface area (Å²) in [4.78, 5) is 36.1. The third-order valence-electron chi connectivity index (χ3n) is 14.4. The van der Waals surface area contributed by atoms with Crippen LogP contribution in [0.25, 0.3) is 11.1 Å². The Kier molecular flexibility index (Phi) is 33.3. The first-order valence-corrected chi connectivity index (χ1v) is 30.5. The van der Waals surface area contributed by atoms with E-state index >= 15 is 0 Å². The van der Waals surface area contributed by atoms with Crippen LogP contribution < -0.4 is 26.6 Å². The lowest BCUT2D eigenvalue weighted by molar-refractivity contribution is -0.122. The highest BCUT2D eigenvalue weighted by Crippen LogP contribution is 2.42. The number of rotatable bonds is 48. The summed E-state index contributed by atoms with van der Waals surface area (Å²) >= 11 is 1.90. The Morgan fingerprint density at radius 3 is 1.54 bits per heavy atom. The molecule has 4 fully saturated rings. The Labute approximate surface area is 474 Å². The summed E-state index contributed by atoms with van der Waals surface area (Å²) in [6.07, 6.45) is 11.0. The van der Waals surface area contributed by atoms with Gasteiger partial charge in [0.05, 0.1) is 157 Å². The second-order valence-electron chi connectivity index (χ2n) is 20.7. The van der Waals surface area contributed by atoms with Crippen molar-refractivity contribution < 1.29 is 66.5 Å². The van der Waals surface area contributed by atoms with Crippen LogP contribution in [-0.4, -0.2) is 211 Å². The van der Waals surface area contributed by atoms with Crippen LogP contribution in [0.1, 0.15) is 88.2 Å². The summed E-state index contributed by atoms with van der Waals surface area (Å²) in [6.45, 7) is 13.7. The molecule has 19 nitrogen and oxygen atoms in total. The molecule has 0 spiro atoms. The SMILES string of the molecule is CC1CCC(N[C@@H]2C[C@H]2c2ccc(-c3cccc(CCC(=O)NCCOCCOCCOCCOCCOCCOCCOCCOCCOCCOCCOCCNC(=O)CCCC[C@@H]4SC[C@@H]5NC(=O)N[C@@H]54)c3)cc2)CC1. The first-order chi connectivity index (χ1) is 38.9. The second kappa shape index (κ2) is 40.7. The molecule has 2 saturated carbocycles. The van der Waals surface area contributed by atoms with E-state index in [1.807, 2.05) is 11.8 Å². The zero-order valence-corrected chi connectivity index (χ0v) is 48.1. The summed E-state index contributed by atoms with van der Waals surface area (Å²) < 4.78 is 61.0. The van der Waals surface area contributed by atoms with Gasteiger partial charge in [0, 0.05) is 54.9 Å². The molecule has 2 aromatic carbocycles. The predicted octanol–water partition coefficient (Wildman–Crippen LogP) is 5.45. The number of carbonyl (C=O) groups is 3. The zero-order valence-electron chi connectivity index (χ0n) is 47.2. The highest BCUT2D eigenvalue weighted by molar-refractivity contribution is 8.00. The van der Waals surface area contributed by atoms with Crippen molar-refractivity contribution in [1.29, 1.82) is 0 Å². The van der Waals surface area contributed by atoms with E-state index in [1.165, 1.54) is 48.8 Å². The minimum atomic E-state index is -0.0627. The molecule has 6 rings (SSSR count). The smallest absolute Gasteiger partial charge is 0.315 e. The van der Waals surface area contributed by atoms with E-state index in [-0.39, 0.29) is 29.9 Å². The fourth-order valence-electron chi connectivity index (χ4n) is 9.84. The van der Waals surface area contributed by atoms with Crippen LogP contribution in [0.3, 0.4) is 0 Å². The molecule has 0 bridgehead atoms. The molecule has 4 amide bonds. The van der Waals surface area contributed by atoms with Gasteiger partial charge >= 0.3 is 6.03 Å². The number of unbranched alkanes of at least 4 members (excludes halogenated alkanes) is 1. The van der Waals surface area contributed by atoms with Gasteiger partial charge in [-0.05, 0) is 79.5 Å². The van der Waals surface area contributed by atoms with Crippen molar-refractivity contribution in [2.24, 2.45) is 5.92 Å². The van der Waals surface area contributed by atoms with E-state index in [2.05, 4.69) is 82.0 Å². The lowest BCUT2D eigenvalue weighted by atomic mass is 9.87. The third kappa shape index (κ3) is 28.4. The average Bonchev–Trinajstić information content (AvgIpc) is 4.15. The number of aryl methyl sites for hydroxylation is 1. The standard InChI is InChI=1S/C59H95N5O14S/c1-46-9-16-51(17-10-46)62-53-44-52(53)49-14-12-48(13-15-49)50-6-4-5-47(43-50)11-18-57(66)61-20-22-69-24-26-71-28-30-73-32-34-75-36-38-77-40-42-78-41-39-76-37-35-74-33-31-72-29-27-70-25-23-68-21-19-60-56(65)8-3-2-7-55-58-54(45-79-55)63-59(67)64-58/h4-6,12-15,43,46,51-55,58,62H,2-3,7-11,16-42,44-45H2,1H3,(H,60,65)(H,61,66)(H2,63,64,67)/t46?,51?,52-,53+,54-,55-,58-/m0/s1. The Morgan fingerprint density at radius 1 is 0.557 bits per heavy atom. The third-order valence-corrected chi connectivity index (χ3v) is 15.9. The van der Waals surface area contributed by atoms with Gasteiger partial charge in [0.25, 0.3) is 0 Å². The predicted molar refractivity (Wildman–Crippen MR) is 305 cm³/mol. The van der Waals surface area contributed by atoms with Crippen molar-refractivity contribution in [3.8, 4) is 11.1 Å². The molecule has 0 unspecified atom stereocenters. The molecule has 446 valence electrons. The summed E-state index contributed by atoms with van der Waals surface area (Å²) in [5, 5.41) is 16.2. The lowest BCUT2D eigenvalue weighted by Crippen LogP contribution is -2.36. The van der Waals surface area contributed by atoms with Gasteiger partial charge in [-0.25, -0.2) is 4.79 Å². The van der Waals surface area contributed by atoms with Gasteiger partial charge in [0.2, 0.25) is 11.8 Å². The second-order valence-corrected chi connectivity index (χ2v) is 22.0. The normalized spacial score (nSPS) is 21.4. The maximum absolute atomic E-state index is 12.5. The molecular weight excluding hydrogens is 1030 g/mol. The summed E-state index contributed by atoms with van der Waals surface area (Å²) in [5.74, 6) is 2.54. The van der Waals surface area contributed by atoms with Crippen molar-refractivity contribution >= 4 is 29.6 Å². The van der Waals surface area contributed by atoms with E-state index in [0.717, 1.165) is 36.5 Å². The number of hydrogen-bond donors (Lipinski definition) is 5. The number of thioether (sulfide) groups is 1. The molecule has 20 heteroatoms. The number of carbonyl (C=O) groups excluding carboxylic acids is 3. The van der Waals surface area contributed by atoms with Crippen LogP contribution in [0.4, 0.5) is 4.79 Å². The number of ether oxygens (including phenoxy) is 11. The highest BCUT2D eigenvalue weighted by atomic mass is 32.2. The first kappa shape index (κ1) is 64.7. The highest BCUT2D eigenvalue weighted by Gasteiger charge is 2.42. The molecule has 79 heavy (non-hydrogen) atoms. The molecule has 2 saturated heterocycles. The number of hydrogen-bond acceptors (Lipinski definition) is 16. The average molecular weight is 1130 g/mol. The number of fused-ring (bicyclic) bond motifs is 1. The number of benzene rings is 2. The van der Waals surface area contributed by atoms with Crippen molar-refractivity contribution in [1.82, 2.24) is 26.6 Å². The molecular formula is C59H95N5O14S. The fourth-order valence-corrected chi connectivity index (χ4v) is 11.4. The first-order valence-electron chi connectivity index (χ1n) is 29.4. The quantitative estimate of drug-likeness (QED) is 0.0412.